The highest BCUT2D eigenvalue weighted by Crippen LogP contribution is 1.56. The average molecular weight is 139 g/mol. The van der Waals surface area contributed by atoms with Gasteiger partial charge < -0.3 is 9.66 Å². The lowest BCUT2D eigenvalue weighted by Crippen LogP contribution is -2.37. The summed E-state index contributed by atoms with van der Waals surface area (Å²) in [7, 11) is 0. The largest absolute Gasteiger partial charge is 0.759 e. The molecule has 0 rings (SSSR count). The Bertz CT molecular complexity index is 98.6. The zero-order chi connectivity index (χ0) is 6.57. The van der Waals surface area contributed by atoms with Gasteiger partial charge in [0, 0.05) is 11.3 Å². The van der Waals surface area contributed by atoms with Gasteiger partial charge in [-0.1, -0.05) is 0 Å². The monoisotopic (exact) mass is 139 g/mol. The van der Waals surface area contributed by atoms with Crippen molar-refractivity contribution in [3.8, 4) is 0 Å². The summed E-state index contributed by atoms with van der Waals surface area (Å²) < 4.78 is 18.9. The molecule has 0 fully saturated rings. The molecule has 0 aliphatic carbocycles. The normalized spacial score (nSPS) is 12.6. The molecule has 0 saturated carbocycles. The van der Waals surface area contributed by atoms with E-state index in [1.54, 1.807) is 0 Å². The number of carboxylic acid groups (broad SMARTS) is 1. The second kappa shape index (κ2) is 3.36. The minimum atomic E-state index is -2.58. The van der Waals surface area contributed by atoms with E-state index in [4.69, 9.17) is 5.11 Å². The summed E-state index contributed by atoms with van der Waals surface area (Å²) in [6.07, 6.45) is -1.45. The molecule has 7 heteroatoms. The predicted octanol–water partition coefficient (Wildman–Crippen LogP) is -1.45. The third kappa shape index (κ3) is 5.34. The molecule has 0 spiro atoms. The van der Waals surface area contributed by atoms with Crippen LogP contribution in [-0.4, -0.2) is 20.0 Å². The zero-order valence-electron chi connectivity index (χ0n) is 3.58. The Hall–Kier alpha value is -0.660. The lowest BCUT2D eigenvalue weighted by Gasteiger charge is -2.03. The first-order valence-corrected chi connectivity index (χ1v) is 2.54. The van der Waals surface area contributed by atoms with Gasteiger partial charge in [0.1, 0.15) is 0 Å². The number of hydrazine groups is 1. The van der Waals surface area contributed by atoms with Gasteiger partial charge in [0.15, 0.2) is 0 Å². The molecule has 1 atom stereocenters. The molecular formula is CH3N2O4S-. The molecule has 48 valence electrons. The van der Waals surface area contributed by atoms with Gasteiger partial charge in [-0.25, -0.2) is 10.2 Å². The van der Waals surface area contributed by atoms with Crippen LogP contribution in [0.1, 0.15) is 0 Å². The van der Waals surface area contributed by atoms with E-state index in [9.17, 15) is 13.6 Å². The van der Waals surface area contributed by atoms with Gasteiger partial charge in [-0.15, -0.1) is 0 Å². The highest BCUT2D eigenvalue weighted by atomic mass is 32.2. The van der Waals surface area contributed by atoms with Gasteiger partial charge in [0.05, 0.1) is 0 Å². The van der Waals surface area contributed by atoms with Crippen molar-refractivity contribution in [1.82, 2.24) is 10.3 Å². The van der Waals surface area contributed by atoms with Crippen LogP contribution in [0.3, 0.4) is 0 Å². The molecule has 6 nitrogen and oxygen atoms in total. The minimum Gasteiger partial charge on any atom is -0.759 e. The summed E-state index contributed by atoms with van der Waals surface area (Å²) in [5, 5.41) is 7.72. The Labute approximate surface area is 47.3 Å². The van der Waals surface area contributed by atoms with Crippen LogP contribution in [0, 0.1) is 0 Å². The van der Waals surface area contributed by atoms with E-state index in [1.165, 1.54) is 10.3 Å². The third-order valence-electron chi connectivity index (χ3n) is 0.241. The fourth-order valence-electron chi connectivity index (χ4n) is 0.0853. The van der Waals surface area contributed by atoms with Crippen molar-refractivity contribution < 1.29 is 18.7 Å². The van der Waals surface area contributed by atoms with Crippen molar-refractivity contribution in [2.24, 2.45) is 0 Å². The Kier molecular flexibility index (Phi) is 3.08. The number of nitrogens with one attached hydrogen (secondary N) is 2. The average Bonchev–Trinajstić information content (AvgIpc) is 1.61. The van der Waals surface area contributed by atoms with Crippen LogP contribution in [0.5, 0.6) is 0 Å². The molecule has 8 heavy (non-hydrogen) atoms. The maximum atomic E-state index is 9.47. The predicted molar refractivity (Wildman–Crippen MR) is 23.2 cm³/mol. The first-order valence-electron chi connectivity index (χ1n) is 1.47. The van der Waals surface area contributed by atoms with Crippen LogP contribution in [0.4, 0.5) is 4.79 Å². The molecule has 0 aromatic rings. The minimum absolute atomic E-state index is 1.40. The number of amides is 1. The van der Waals surface area contributed by atoms with Crippen molar-refractivity contribution in [2.45, 2.75) is 0 Å². The van der Waals surface area contributed by atoms with Gasteiger partial charge >= 0.3 is 6.09 Å². The summed E-state index contributed by atoms with van der Waals surface area (Å²) in [6, 6.07) is 0. The molecule has 0 aliphatic heterocycles. The van der Waals surface area contributed by atoms with E-state index < -0.39 is 17.4 Å². The first-order chi connectivity index (χ1) is 3.63. The van der Waals surface area contributed by atoms with E-state index >= 15 is 0 Å². The smallest absolute Gasteiger partial charge is 0.419 e. The van der Waals surface area contributed by atoms with Gasteiger partial charge in [-0.3, -0.25) is 4.21 Å². The van der Waals surface area contributed by atoms with Gasteiger partial charge in [0.2, 0.25) is 0 Å². The van der Waals surface area contributed by atoms with E-state index in [0.29, 0.717) is 0 Å². The Morgan fingerprint density at radius 3 is 2.38 bits per heavy atom. The molecule has 0 bridgehead atoms. The number of hydrogen-bond acceptors (Lipinski definition) is 3. The molecule has 0 aromatic heterocycles. The summed E-state index contributed by atoms with van der Waals surface area (Å²) in [5.74, 6) is 0. The van der Waals surface area contributed by atoms with Crippen LogP contribution in [0.2, 0.25) is 0 Å². The summed E-state index contributed by atoms with van der Waals surface area (Å²) in [4.78, 5) is 10.9. The highest BCUT2D eigenvalue weighted by molar-refractivity contribution is 7.77. The standard InChI is InChI=1S/CH4N2O4S/c4-1(5)2-3-8(6)7/h2-3H,(H,4,5)(H,6,7)/p-1. The number of hydrogen-bond donors (Lipinski definition) is 3. The van der Waals surface area contributed by atoms with Gasteiger partial charge in [-0.05, 0) is 0 Å². The maximum Gasteiger partial charge on any atom is 0.419 e. The maximum absolute atomic E-state index is 9.47. The number of carbonyl (C=O) groups is 1. The summed E-state index contributed by atoms with van der Waals surface area (Å²) in [6.45, 7) is 0. The number of rotatable bonds is 2. The fourth-order valence-corrected chi connectivity index (χ4v) is 0.256. The molecule has 0 saturated heterocycles. The molecule has 0 radical (unpaired) electrons. The van der Waals surface area contributed by atoms with Crippen LogP contribution in [0.15, 0.2) is 0 Å². The Morgan fingerprint density at radius 2 is 2.25 bits per heavy atom. The molecule has 0 aromatic carbocycles. The second-order valence-electron chi connectivity index (χ2n) is 0.767. The van der Waals surface area contributed by atoms with E-state index in [1.807, 2.05) is 0 Å². The Morgan fingerprint density at radius 1 is 1.75 bits per heavy atom. The van der Waals surface area contributed by atoms with E-state index in [-0.39, 0.29) is 0 Å². The molecule has 3 N–H and O–H groups in total. The highest BCUT2D eigenvalue weighted by Gasteiger charge is 1.87. The molecule has 1 unspecified atom stereocenters. The van der Waals surface area contributed by atoms with E-state index in [2.05, 4.69) is 0 Å². The molecule has 1 amide bonds. The lowest BCUT2D eigenvalue weighted by molar-refractivity contribution is 0.192. The van der Waals surface area contributed by atoms with Gasteiger partial charge in [-0.2, -0.15) is 4.83 Å². The van der Waals surface area contributed by atoms with Crippen LogP contribution in [-0.2, 0) is 11.3 Å². The van der Waals surface area contributed by atoms with Crippen molar-refractivity contribution in [1.29, 1.82) is 0 Å². The SMILES string of the molecule is O=C(O)NNS(=O)[O-]. The lowest BCUT2D eigenvalue weighted by atomic mass is 11.3. The summed E-state index contributed by atoms with van der Waals surface area (Å²) in [5.41, 5.74) is 1.40. The first kappa shape index (κ1) is 7.34. The molecule has 0 aliphatic rings. The van der Waals surface area contributed by atoms with Crippen molar-refractivity contribution in [3.63, 3.8) is 0 Å². The quantitative estimate of drug-likeness (QED) is 0.322. The molecular weight excluding hydrogens is 136 g/mol. The van der Waals surface area contributed by atoms with Crippen LogP contribution in [0.25, 0.3) is 0 Å². The second-order valence-corrected chi connectivity index (χ2v) is 1.44. The third-order valence-corrected chi connectivity index (χ3v) is 0.510. The van der Waals surface area contributed by atoms with Crippen LogP contribution >= 0.6 is 0 Å². The topological polar surface area (TPSA) is 101 Å². The Balaban J connectivity index is 3.18. The van der Waals surface area contributed by atoms with E-state index in [0.717, 1.165) is 0 Å². The summed E-state index contributed by atoms with van der Waals surface area (Å²) >= 11 is -2.58. The zero-order valence-corrected chi connectivity index (χ0v) is 4.40. The molecule has 0 heterocycles. The van der Waals surface area contributed by atoms with Crippen molar-refractivity contribution in [3.05, 3.63) is 0 Å². The van der Waals surface area contributed by atoms with Crippen molar-refractivity contribution >= 4 is 17.4 Å². The van der Waals surface area contributed by atoms with Crippen molar-refractivity contribution in [2.75, 3.05) is 0 Å². The van der Waals surface area contributed by atoms with Crippen LogP contribution < -0.4 is 10.3 Å². The van der Waals surface area contributed by atoms with Gasteiger partial charge in [0.25, 0.3) is 0 Å². The fraction of sp³-hybridized carbons (Fsp3) is 0.